The molecule has 1 aliphatic carbocycles. The van der Waals surface area contributed by atoms with Gasteiger partial charge in [-0.05, 0) is 43.2 Å². The molecule has 1 aromatic rings. The van der Waals surface area contributed by atoms with Crippen LogP contribution in [-0.2, 0) is 6.42 Å². The Balaban J connectivity index is 1.79. The maximum Gasteiger partial charge on any atom is 0.315 e. The number of aliphatic hydroxyl groups is 1. The van der Waals surface area contributed by atoms with Gasteiger partial charge in [-0.2, -0.15) is 0 Å². The number of hydrogen-bond donors (Lipinski definition) is 3. The number of carbonyl (C=O) groups is 1. The van der Waals surface area contributed by atoms with Crippen molar-refractivity contribution >= 4 is 6.03 Å². The lowest BCUT2D eigenvalue weighted by Crippen LogP contribution is -2.39. The maximum absolute atomic E-state index is 12.1. The Kier molecular flexibility index (Phi) is 6.25. The predicted molar refractivity (Wildman–Crippen MR) is 88.9 cm³/mol. The number of unbranched alkanes of at least 4 members (excludes halogenated alkanes) is 3. The van der Waals surface area contributed by atoms with Crippen molar-refractivity contribution in [1.82, 2.24) is 10.6 Å². The van der Waals surface area contributed by atoms with E-state index in [0.29, 0.717) is 12.5 Å². The summed E-state index contributed by atoms with van der Waals surface area (Å²) in [5.41, 5.74) is 3.86. The van der Waals surface area contributed by atoms with E-state index in [9.17, 15) is 4.79 Å². The van der Waals surface area contributed by atoms with E-state index < -0.39 is 0 Å². The Bertz CT molecular complexity index is 502. The first kappa shape index (κ1) is 16.8. The number of carbonyl (C=O) groups excluding carboxylic acids is 1. The molecule has 0 aliphatic heterocycles. The van der Waals surface area contributed by atoms with Gasteiger partial charge in [0.25, 0.3) is 0 Å². The summed E-state index contributed by atoms with van der Waals surface area (Å²) < 4.78 is 0. The molecule has 0 aromatic heterocycles. The molecule has 2 atom stereocenters. The van der Waals surface area contributed by atoms with Crippen LogP contribution in [0.15, 0.2) is 18.2 Å². The molecule has 0 fully saturated rings. The highest BCUT2D eigenvalue weighted by molar-refractivity contribution is 5.74. The van der Waals surface area contributed by atoms with Crippen LogP contribution in [0.25, 0.3) is 0 Å². The molecule has 2 unspecified atom stereocenters. The second-order valence-corrected chi connectivity index (χ2v) is 6.40. The number of hydrogen-bond acceptors (Lipinski definition) is 2. The minimum atomic E-state index is -0.0756. The zero-order chi connectivity index (χ0) is 15.9. The molecule has 0 spiro atoms. The number of urea groups is 1. The summed E-state index contributed by atoms with van der Waals surface area (Å²) in [5, 5.41) is 14.8. The molecule has 2 rings (SSSR count). The SMILES string of the molecule is Cc1ccc2c(c1)C(NC(=O)NCCCCCCO)C(C)C2. The number of fused-ring (bicyclic) bond motifs is 1. The predicted octanol–water partition coefficient (Wildman–Crippen LogP) is 3.08. The molecule has 0 heterocycles. The number of benzene rings is 1. The summed E-state index contributed by atoms with van der Waals surface area (Å²) in [6, 6.07) is 6.55. The molecule has 4 nitrogen and oxygen atoms in total. The zero-order valence-electron chi connectivity index (χ0n) is 13.7. The third-order valence-electron chi connectivity index (χ3n) is 4.40. The molecular formula is C18H28N2O2. The van der Waals surface area contributed by atoms with Gasteiger partial charge in [0.2, 0.25) is 0 Å². The van der Waals surface area contributed by atoms with Crippen LogP contribution in [0.4, 0.5) is 4.79 Å². The summed E-state index contributed by atoms with van der Waals surface area (Å²) in [4.78, 5) is 12.1. The van der Waals surface area contributed by atoms with Gasteiger partial charge in [-0.1, -0.05) is 43.5 Å². The average Bonchev–Trinajstić information content (AvgIpc) is 2.79. The van der Waals surface area contributed by atoms with Gasteiger partial charge in [0.15, 0.2) is 0 Å². The van der Waals surface area contributed by atoms with Crippen molar-refractivity contribution in [3.63, 3.8) is 0 Å². The number of rotatable bonds is 7. The monoisotopic (exact) mass is 304 g/mol. The van der Waals surface area contributed by atoms with Crippen molar-refractivity contribution in [2.75, 3.05) is 13.2 Å². The van der Waals surface area contributed by atoms with E-state index in [2.05, 4.69) is 42.7 Å². The van der Waals surface area contributed by atoms with Crippen LogP contribution in [0.3, 0.4) is 0 Å². The molecule has 0 saturated heterocycles. The van der Waals surface area contributed by atoms with Gasteiger partial charge >= 0.3 is 6.03 Å². The van der Waals surface area contributed by atoms with Crippen molar-refractivity contribution in [3.05, 3.63) is 34.9 Å². The zero-order valence-corrected chi connectivity index (χ0v) is 13.7. The summed E-state index contributed by atoms with van der Waals surface area (Å²) >= 11 is 0. The molecule has 0 radical (unpaired) electrons. The Morgan fingerprint density at radius 1 is 1.27 bits per heavy atom. The molecule has 1 aromatic carbocycles. The topological polar surface area (TPSA) is 61.4 Å². The van der Waals surface area contributed by atoms with Gasteiger partial charge in [0.05, 0.1) is 6.04 Å². The second kappa shape index (κ2) is 8.18. The Hall–Kier alpha value is -1.55. The van der Waals surface area contributed by atoms with E-state index in [1.165, 1.54) is 16.7 Å². The molecule has 1 aliphatic rings. The van der Waals surface area contributed by atoms with Crippen molar-refractivity contribution in [3.8, 4) is 0 Å². The van der Waals surface area contributed by atoms with Crippen molar-refractivity contribution in [2.24, 2.45) is 5.92 Å². The first-order chi connectivity index (χ1) is 10.6. The smallest absolute Gasteiger partial charge is 0.315 e. The van der Waals surface area contributed by atoms with Gasteiger partial charge in [-0.3, -0.25) is 0 Å². The highest BCUT2D eigenvalue weighted by Crippen LogP contribution is 2.36. The van der Waals surface area contributed by atoms with E-state index in [0.717, 1.165) is 32.1 Å². The molecule has 0 bridgehead atoms. The lowest BCUT2D eigenvalue weighted by molar-refractivity contribution is 0.233. The fraction of sp³-hybridized carbons (Fsp3) is 0.611. The minimum absolute atomic E-state index is 0.0756. The van der Waals surface area contributed by atoms with Crippen LogP contribution in [-0.4, -0.2) is 24.3 Å². The lowest BCUT2D eigenvalue weighted by Gasteiger charge is -2.19. The molecule has 122 valence electrons. The summed E-state index contributed by atoms with van der Waals surface area (Å²) in [6.07, 6.45) is 4.90. The van der Waals surface area contributed by atoms with Crippen molar-refractivity contribution in [1.29, 1.82) is 0 Å². The van der Waals surface area contributed by atoms with Gasteiger partial charge in [-0.15, -0.1) is 0 Å². The fourth-order valence-electron chi connectivity index (χ4n) is 3.17. The third-order valence-corrected chi connectivity index (χ3v) is 4.40. The van der Waals surface area contributed by atoms with Gasteiger partial charge < -0.3 is 15.7 Å². The normalized spacial score (nSPS) is 19.8. The van der Waals surface area contributed by atoms with Crippen LogP contribution in [0.5, 0.6) is 0 Å². The summed E-state index contributed by atoms with van der Waals surface area (Å²) in [5.74, 6) is 0.437. The Morgan fingerprint density at radius 2 is 2.05 bits per heavy atom. The third kappa shape index (κ3) is 4.47. The van der Waals surface area contributed by atoms with E-state index in [1.54, 1.807) is 0 Å². The van der Waals surface area contributed by atoms with E-state index in [1.807, 2.05) is 0 Å². The lowest BCUT2D eigenvalue weighted by atomic mass is 10.0. The second-order valence-electron chi connectivity index (χ2n) is 6.40. The molecule has 4 heteroatoms. The van der Waals surface area contributed by atoms with Crippen molar-refractivity contribution in [2.45, 2.75) is 52.0 Å². The van der Waals surface area contributed by atoms with E-state index in [-0.39, 0.29) is 18.7 Å². The Labute approximate surface area is 133 Å². The largest absolute Gasteiger partial charge is 0.396 e. The number of aliphatic hydroxyl groups excluding tert-OH is 1. The standard InChI is InChI=1S/C18H28N2O2/c1-13-7-8-15-12-14(2)17(16(15)11-13)20-18(22)19-9-5-3-4-6-10-21/h7-8,11,14,17,21H,3-6,9-10,12H2,1-2H3,(H2,19,20,22). The minimum Gasteiger partial charge on any atom is -0.396 e. The first-order valence-electron chi connectivity index (χ1n) is 8.36. The average molecular weight is 304 g/mol. The molecule has 3 N–H and O–H groups in total. The quantitative estimate of drug-likeness (QED) is 0.678. The molecule has 2 amide bonds. The van der Waals surface area contributed by atoms with Gasteiger partial charge in [0, 0.05) is 13.2 Å². The van der Waals surface area contributed by atoms with Crippen molar-refractivity contribution < 1.29 is 9.90 Å². The fourth-order valence-corrected chi connectivity index (χ4v) is 3.17. The van der Waals surface area contributed by atoms with Crippen LogP contribution in [0, 0.1) is 12.8 Å². The summed E-state index contributed by atoms with van der Waals surface area (Å²) in [6.45, 7) is 5.23. The molecule has 22 heavy (non-hydrogen) atoms. The van der Waals surface area contributed by atoms with Gasteiger partial charge in [0.1, 0.15) is 0 Å². The Morgan fingerprint density at radius 3 is 2.82 bits per heavy atom. The van der Waals surface area contributed by atoms with Crippen LogP contribution >= 0.6 is 0 Å². The first-order valence-corrected chi connectivity index (χ1v) is 8.36. The number of aryl methyl sites for hydroxylation is 1. The van der Waals surface area contributed by atoms with E-state index >= 15 is 0 Å². The van der Waals surface area contributed by atoms with Crippen LogP contribution in [0.1, 0.15) is 55.3 Å². The summed E-state index contributed by atoms with van der Waals surface area (Å²) in [7, 11) is 0. The van der Waals surface area contributed by atoms with E-state index in [4.69, 9.17) is 5.11 Å². The number of nitrogens with one attached hydrogen (secondary N) is 2. The van der Waals surface area contributed by atoms with Crippen LogP contribution < -0.4 is 10.6 Å². The maximum atomic E-state index is 12.1. The van der Waals surface area contributed by atoms with Crippen LogP contribution in [0.2, 0.25) is 0 Å². The number of amides is 2. The molecular weight excluding hydrogens is 276 g/mol. The highest BCUT2D eigenvalue weighted by atomic mass is 16.2. The highest BCUT2D eigenvalue weighted by Gasteiger charge is 2.30. The molecule has 0 saturated carbocycles. The van der Waals surface area contributed by atoms with Gasteiger partial charge in [-0.25, -0.2) is 4.79 Å².